The summed E-state index contributed by atoms with van der Waals surface area (Å²) in [6, 6.07) is 10.1. The SMILES string of the molecule is CC(C)CCNc1ccc(C(=O)NCCc2ccccc2F)cn1. The van der Waals surface area contributed by atoms with Crippen molar-refractivity contribution in [2.75, 3.05) is 18.4 Å². The van der Waals surface area contributed by atoms with E-state index in [2.05, 4.69) is 29.5 Å². The topological polar surface area (TPSA) is 54.0 Å². The van der Waals surface area contributed by atoms with Gasteiger partial charge < -0.3 is 10.6 Å². The molecule has 0 bridgehead atoms. The van der Waals surface area contributed by atoms with E-state index in [0.29, 0.717) is 30.0 Å². The number of carbonyl (C=O) groups excluding carboxylic acids is 1. The Kier molecular flexibility index (Phi) is 6.73. The van der Waals surface area contributed by atoms with Crippen LogP contribution in [0.2, 0.25) is 0 Å². The minimum Gasteiger partial charge on any atom is -0.370 e. The van der Waals surface area contributed by atoms with E-state index < -0.39 is 0 Å². The Morgan fingerprint density at radius 3 is 2.62 bits per heavy atom. The zero-order valence-corrected chi connectivity index (χ0v) is 14.2. The van der Waals surface area contributed by atoms with E-state index >= 15 is 0 Å². The van der Waals surface area contributed by atoms with Crippen LogP contribution < -0.4 is 10.6 Å². The summed E-state index contributed by atoms with van der Waals surface area (Å²) in [5.41, 5.74) is 1.10. The van der Waals surface area contributed by atoms with Crippen molar-refractivity contribution in [3.8, 4) is 0 Å². The van der Waals surface area contributed by atoms with Gasteiger partial charge in [0, 0.05) is 19.3 Å². The lowest BCUT2D eigenvalue weighted by atomic mass is 10.1. The monoisotopic (exact) mass is 329 g/mol. The molecule has 4 nitrogen and oxygen atoms in total. The molecule has 2 N–H and O–H groups in total. The highest BCUT2D eigenvalue weighted by atomic mass is 19.1. The fourth-order valence-corrected chi connectivity index (χ4v) is 2.24. The Morgan fingerprint density at radius 2 is 1.96 bits per heavy atom. The van der Waals surface area contributed by atoms with E-state index in [-0.39, 0.29) is 11.7 Å². The smallest absolute Gasteiger partial charge is 0.252 e. The van der Waals surface area contributed by atoms with Gasteiger partial charge >= 0.3 is 0 Å². The van der Waals surface area contributed by atoms with Crippen LogP contribution in [0.15, 0.2) is 42.6 Å². The standard InChI is InChI=1S/C19H24FN3O/c1-14(2)9-11-21-18-8-7-16(13-23-18)19(24)22-12-10-15-5-3-4-6-17(15)20/h3-8,13-14H,9-12H2,1-2H3,(H,21,23)(H,22,24). The second-order valence-corrected chi connectivity index (χ2v) is 6.14. The third-order valence-corrected chi connectivity index (χ3v) is 3.69. The Labute approximate surface area is 142 Å². The summed E-state index contributed by atoms with van der Waals surface area (Å²) in [6.07, 6.45) is 3.08. The van der Waals surface area contributed by atoms with Crippen LogP contribution in [0.3, 0.4) is 0 Å². The number of pyridine rings is 1. The average Bonchev–Trinajstić information content (AvgIpc) is 2.57. The van der Waals surface area contributed by atoms with Crippen LogP contribution in [0.4, 0.5) is 10.2 Å². The number of aromatic nitrogens is 1. The molecule has 0 saturated heterocycles. The third kappa shape index (κ3) is 5.65. The van der Waals surface area contributed by atoms with Crippen LogP contribution >= 0.6 is 0 Å². The van der Waals surface area contributed by atoms with E-state index in [4.69, 9.17) is 0 Å². The fourth-order valence-electron chi connectivity index (χ4n) is 2.24. The summed E-state index contributed by atoms with van der Waals surface area (Å²) >= 11 is 0. The molecule has 5 heteroatoms. The second-order valence-electron chi connectivity index (χ2n) is 6.14. The maximum atomic E-state index is 13.5. The molecule has 1 aromatic heterocycles. The van der Waals surface area contributed by atoms with Gasteiger partial charge in [0.1, 0.15) is 11.6 Å². The number of rotatable bonds is 8. The highest BCUT2D eigenvalue weighted by Gasteiger charge is 2.07. The molecule has 0 atom stereocenters. The normalized spacial score (nSPS) is 10.7. The van der Waals surface area contributed by atoms with Crippen molar-refractivity contribution in [3.05, 3.63) is 59.5 Å². The summed E-state index contributed by atoms with van der Waals surface area (Å²) in [5.74, 6) is 0.952. The molecule has 0 saturated carbocycles. The number of carbonyl (C=O) groups is 1. The number of anilines is 1. The molecule has 128 valence electrons. The first-order chi connectivity index (χ1) is 11.6. The number of nitrogens with zero attached hydrogens (tertiary/aromatic N) is 1. The van der Waals surface area contributed by atoms with Gasteiger partial charge in [0.25, 0.3) is 5.91 Å². The molecule has 1 amide bonds. The molecule has 2 aromatic rings. The summed E-state index contributed by atoms with van der Waals surface area (Å²) in [6.45, 7) is 5.58. The predicted molar refractivity (Wildman–Crippen MR) is 94.6 cm³/mol. The van der Waals surface area contributed by atoms with Gasteiger partial charge in [-0.15, -0.1) is 0 Å². The number of nitrogens with one attached hydrogen (secondary N) is 2. The molecule has 24 heavy (non-hydrogen) atoms. The van der Waals surface area contributed by atoms with Gasteiger partial charge in [-0.25, -0.2) is 9.37 Å². The summed E-state index contributed by atoms with van der Waals surface area (Å²) in [7, 11) is 0. The Hall–Kier alpha value is -2.43. The maximum Gasteiger partial charge on any atom is 0.252 e. The van der Waals surface area contributed by atoms with Gasteiger partial charge in [-0.05, 0) is 42.5 Å². The van der Waals surface area contributed by atoms with Gasteiger partial charge in [0.2, 0.25) is 0 Å². The van der Waals surface area contributed by atoms with Gasteiger partial charge in [0.05, 0.1) is 5.56 Å². The van der Waals surface area contributed by atoms with Crippen molar-refractivity contribution >= 4 is 11.7 Å². The molecule has 0 spiro atoms. The van der Waals surface area contributed by atoms with Crippen molar-refractivity contribution in [1.29, 1.82) is 0 Å². The lowest BCUT2D eigenvalue weighted by molar-refractivity contribution is 0.0953. The van der Waals surface area contributed by atoms with Crippen LogP contribution in [0.5, 0.6) is 0 Å². The van der Waals surface area contributed by atoms with E-state index in [9.17, 15) is 9.18 Å². The molecule has 2 rings (SSSR count). The molecule has 1 heterocycles. The fraction of sp³-hybridized carbons (Fsp3) is 0.368. The molecule has 0 fully saturated rings. The molecule has 0 aliphatic carbocycles. The summed E-state index contributed by atoms with van der Waals surface area (Å²) < 4.78 is 13.5. The van der Waals surface area contributed by atoms with Gasteiger partial charge in [0.15, 0.2) is 0 Å². The molecular formula is C19H24FN3O. The van der Waals surface area contributed by atoms with Crippen molar-refractivity contribution in [3.63, 3.8) is 0 Å². The highest BCUT2D eigenvalue weighted by Crippen LogP contribution is 2.08. The van der Waals surface area contributed by atoms with E-state index in [1.807, 2.05) is 0 Å². The van der Waals surface area contributed by atoms with Gasteiger partial charge in [-0.2, -0.15) is 0 Å². The minimum absolute atomic E-state index is 0.201. The largest absolute Gasteiger partial charge is 0.370 e. The lowest BCUT2D eigenvalue weighted by Gasteiger charge is -2.09. The molecule has 0 aliphatic heterocycles. The molecule has 0 aliphatic rings. The van der Waals surface area contributed by atoms with Gasteiger partial charge in [-0.1, -0.05) is 32.0 Å². The van der Waals surface area contributed by atoms with E-state index in [1.165, 1.54) is 6.07 Å². The second kappa shape index (κ2) is 9.01. The quantitative estimate of drug-likeness (QED) is 0.777. The molecular weight excluding hydrogens is 305 g/mol. The van der Waals surface area contributed by atoms with Crippen LogP contribution in [-0.2, 0) is 6.42 Å². The van der Waals surface area contributed by atoms with Crippen LogP contribution in [0, 0.1) is 11.7 Å². The number of hydrogen-bond acceptors (Lipinski definition) is 3. The third-order valence-electron chi connectivity index (χ3n) is 3.69. The maximum absolute atomic E-state index is 13.5. The first-order valence-electron chi connectivity index (χ1n) is 8.28. The Balaban J connectivity index is 1.79. The van der Waals surface area contributed by atoms with E-state index in [0.717, 1.165) is 18.8 Å². The zero-order chi connectivity index (χ0) is 17.4. The van der Waals surface area contributed by atoms with Crippen molar-refractivity contribution < 1.29 is 9.18 Å². The summed E-state index contributed by atoms with van der Waals surface area (Å²) in [4.78, 5) is 16.3. The zero-order valence-electron chi connectivity index (χ0n) is 14.2. The summed E-state index contributed by atoms with van der Waals surface area (Å²) in [5, 5.41) is 6.01. The van der Waals surface area contributed by atoms with Crippen LogP contribution in [0.1, 0.15) is 36.2 Å². The number of amides is 1. The highest BCUT2D eigenvalue weighted by molar-refractivity contribution is 5.94. The predicted octanol–water partition coefficient (Wildman–Crippen LogP) is 3.65. The Bertz CT molecular complexity index is 656. The first kappa shape index (κ1) is 17.9. The molecule has 0 radical (unpaired) electrons. The van der Waals surface area contributed by atoms with Crippen molar-refractivity contribution in [2.45, 2.75) is 26.7 Å². The first-order valence-corrected chi connectivity index (χ1v) is 8.28. The molecule has 0 unspecified atom stereocenters. The van der Waals surface area contributed by atoms with Gasteiger partial charge in [-0.3, -0.25) is 4.79 Å². The molecule has 1 aromatic carbocycles. The van der Waals surface area contributed by atoms with Crippen LogP contribution in [0.25, 0.3) is 0 Å². The lowest BCUT2D eigenvalue weighted by Crippen LogP contribution is -2.26. The van der Waals surface area contributed by atoms with E-state index in [1.54, 1.807) is 36.5 Å². The average molecular weight is 329 g/mol. The Morgan fingerprint density at radius 1 is 1.17 bits per heavy atom. The van der Waals surface area contributed by atoms with Crippen LogP contribution in [-0.4, -0.2) is 24.0 Å². The number of halogens is 1. The van der Waals surface area contributed by atoms with Crippen molar-refractivity contribution in [1.82, 2.24) is 10.3 Å². The number of benzene rings is 1. The van der Waals surface area contributed by atoms with Crippen molar-refractivity contribution in [2.24, 2.45) is 5.92 Å². The number of hydrogen-bond donors (Lipinski definition) is 2. The minimum atomic E-state index is -0.245.